The van der Waals surface area contributed by atoms with Gasteiger partial charge in [0, 0.05) is 24.9 Å². The van der Waals surface area contributed by atoms with Gasteiger partial charge in [-0.15, -0.1) is 0 Å². The first-order valence-electron chi connectivity index (χ1n) is 10.0. The maximum Gasteiger partial charge on any atom is 0.336 e. The monoisotopic (exact) mass is 417 g/mol. The first-order chi connectivity index (χ1) is 15.0. The maximum atomic E-state index is 13.6. The van der Waals surface area contributed by atoms with Crippen LogP contribution in [-0.4, -0.2) is 48.9 Å². The Hall–Kier alpha value is -3.67. The molecule has 0 spiro atoms. The summed E-state index contributed by atoms with van der Waals surface area (Å²) in [5, 5.41) is 0. The van der Waals surface area contributed by atoms with Gasteiger partial charge in [0.05, 0.1) is 14.2 Å². The summed E-state index contributed by atoms with van der Waals surface area (Å²) in [4.78, 5) is 40.4. The lowest BCUT2D eigenvalue weighted by Gasteiger charge is -2.43. The van der Waals surface area contributed by atoms with Crippen molar-refractivity contribution in [2.24, 2.45) is 0 Å². The van der Waals surface area contributed by atoms with Crippen LogP contribution in [0.4, 0.5) is 0 Å². The van der Waals surface area contributed by atoms with E-state index in [9.17, 15) is 14.4 Å². The third-order valence-corrected chi connectivity index (χ3v) is 5.77. The van der Waals surface area contributed by atoms with Crippen LogP contribution in [0, 0.1) is 0 Å². The molecule has 1 amide bonds. The van der Waals surface area contributed by atoms with E-state index in [2.05, 4.69) is 0 Å². The molecule has 0 N–H and O–H groups in total. The normalized spacial score (nSPS) is 19.9. The smallest absolute Gasteiger partial charge is 0.336 e. The van der Waals surface area contributed by atoms with Gasteiger partial charge in [0.25, 0.3) is 5.91 Å². The second kappa shape index (κ2) is 8.22. The molecule has 1 aliphatic heterocycles. The zero-order valence-corrected chi connectivity index (χ0v) is 17.5. The molecule has 6 nitrogen and oxygen atoms in total. The van der Waals surface area contributed by atoms with Crippen molar-refractivity contribution in [3.8, 4) is 5.75 Å². The van der Waals surface area contributed by atoms with Crippen molar-refractivity contribution >= 4 is 17.7 Å². The van der Waals surface area contributed by atoms with E-state index in [0.29, 0.717) is 11.3 Å². The number of hydrogen-bond acceptors (Lipinski definition) is 5. The van der Waals surface area contributed by atoms with Crippen LogP contribution in [-0.2, 0) is 20.7 Å². The molecule has 31 heavy (non-hydrogen) atoms. The van der Waals surface area contributed by atoms with Crippen molar-refractivity contribution in [3.63, 3.8) is 0 Å². The van der Waals surface area contributed by atoms with E-state index >= 15 is 0 Å². The number of methoxy groups -OCH3 is 2. The summed E-state index contributed by atoms with van der Waals surface area (Å²) in [6.07, 6.45) is 3.74. The highest BCUT2D eigenvalue weighted by Crippen LogP contribution is 2.38. The molecule has 1 heterocycles. The van der Waals surface area contributed by atoms with Gasteiger partial charge in [-0.3, -0.25) is 9.59 Å². The van der Waals surface area contributed by atoms with E-state index in [1.54, 1.807) is 43.5 Å². The Balaban J connectivity index is 1.84. The number of ketones is 1. The van der Waals surface area contributed by atoms with Crippen molar-refractivity contribution in [3.05, 3.63) is 89.0 Å². The first-order valence-corrected chi connectivity index (χ1v) is 10.0. The summed E-state index contributed by atoms with van der Waals surface area (Å²) >= 11 is 0. The number of rotatable bonds is 5. The van der Waals surface area contributed by atoms with Gasteiger partial charge in [-0.05, 0) is 53.1 Å². The second-order valence-corrected chi connectivity index (χ2v) is 7.68. The Kier molecular flexibility index (Phi) is 5.46. The largest absolute Gasteiger partial charge is 0.497 e. The molecule has 1 aliphatic carbocycles. The Bertz CT molecular complexity index is 1080. The molecular weight excluding hydrogens is 394 g/mol. The highest BCUT2D eigenvalue weighted by atomic mass is 16.5. The van der Waals surface area contributed by atoms with Crippen LogP contribution >= 0.6 is 0 Å². The van der Waals surface area contributed by atoms with Gasteiger partial charge in [0.15, 0.2) is 11.3 Å². The molecule has 1 unspecified atom stereocenters. The number of ether oxygens (including phenoxy) is 2. The number of benzene rings is 2. The van der Waals surface area contributed by atoms with Gasteiger partial charge in [0.1, 0.15) is 5.75 Å². The van der Waals surface area contributed by atoms with E-state index in [4.69, 9.17) is 9.47 Å². The fourth-order valence-corrected chi connectivity index (χ4v) is 4.22. The third-order valence-electron chi connectivity index (χ3n) is 5.77. The molecule has 2 aliphatic rings. The van der Waals surface area contributed by atoms with Gasteiger partial charge in [-0.1, -0.05) is 30.3 Å². The number of carbonyl (C=O) groups excluding carboxylic acids is 3. The number of allylic oxidation sites excluding steroid dienone is 1. The van der Waals surface area contributed by atoms with Crippen molar-refractivity contribution in [2.45, 2.75) is 18.4 Å². The van der Waals surface area contributed by atoms with Gasteiger partial charge in [-0.2, -0.15) is 0 Å². The molecule has 2 aromatic carbocycles. The fourth-order valence-electron chi connectivity index (χ4n) is 4.22. The lowest BCUT2D eigenvalue weighted by atomic mass is 9.81. The van der Waals surface area contributed by atoms with Crippen LogP contribution < -0.4 is 4.74 Å². The van der Waals surface area contributed by atoms with Gasteiger partial charge in [-0.25, -0.2) is 4.79 Å². The van der Waals surface area contributed by atoms with Crippen LogP contribution in [0.2, 0.25) is 0 Å². The molecule has 4 rings (SSSR count). The van der Waals surface area contributed by atoms with Crippen LogP contribution in [0.1, 0.15) is 22.3 Å². The topological polar surface area (TPSA) is 72.9 Å². The van der Waals surface area contributed by atoms with Crippen molar-refractivity contribution in [1.29, 1.82) is 0 Å². The predicted octanol–water partition coefficient (Wildman–Crippen LogP) is 3.13. The Morgan fingerprint density at radius 2 is 1.71 bits per heavy atom. The minimum Gasteiger partial charge on any atom is -0.497 e. The average molecular weight is 417 g/mol. The third kappa shape index (κ3) is 3.77. The average Bonchev–Trinajstić information content (AvgIpc) is 3.17. The van der Waals surface area contributed by atoms with E-state index in [0.717, 1.165) is 16.7 Å². The van der Waals surface area contributed by atoms with E-state index in [1.165, 1.54) is 12.0 Å². The molecule has 0 fully saturated rings. The Morgan fingerprint density at radius 3 is 2.35 bits per heavy atom. The number of carbonyl (C=O) groups is 3. The molecule has 0 bridgehead atoms. The molecule has 6 heteroatoms. The van der Waals surface area contributed by atoms with Crippen LogP contribution in [0.25, 0.3) is 0 Å². The van der Waals surface area contributed by atoms with Crippen LogP contribution in [0.3, 0.4) is 0 Å². The van der Waals surface area contributed by atoms with Crippen LogP contribution in [0.15, 0.2) is 77.9 Å². The van der Waals surface area contributed by atoms with Crippen molar-refractivity contribution < 1.29 is 23.9 Å². The fraction of sp³-hybridized carbons (Fsp3) is 0.240. The summed E-state index contributed by atoms with van der Waals surface area (Å²) in [6, 6.07) is 16.1. The summed E-state index contributed by atoms with van der Waals surface area (Å²) in [7, 11) is 2.90. The minimum atomic E-state index is -1.37. The van der Waals surface area contributed by atoms with Crippen molar-refractivity contribution in [1.82, 2.24) is 4.90 Å². The number of fused-ring (bicyclic) bond motifs is 1. The lowest BCUT2D eigenvalue weighted by molar-refractivity contribution is -0.150. The molecule has 158 valence electrons. The number of nitrogens with zero attached hydrogens (tertiary/aromatic N) is 1. The molecular formula is C25H23NO5. The van der Waals surface area contributed by atoms with Crippen LogP contribution in [0.5, 0.6) is 5.75 Å². The number of hydrogen-bond donors (Lipinski definition) is 0. The molecule has 1 atom stereocenters. The van der Waals surface area contributed by atoms with E-state index < -0.39 is 11.5 Å². The summed E-state index contributed by atoms with van der Waals surface area (Å²) < 4.78 is 10.4. The predicted molar refractivity (Wildman–Crippen MR) is 115 cm³/mol. The highest BCUT2D eigenvalue weighted by molar-refractivity contribution is 6.03. The van der Waals surface area contributed by atoms with Gasteiger partial charge >= 0.3 is 5.97 Å². The quantitative estimate of drug-likeness (QED) is 0.699. The first kappa shape index (κ1) is 20.6. The number of amides is 1. The second-order valence-electron chi connectivity index (χ2n) is 7.68. The molecule has 0 aromatic heterocycles. The van der Waals surface area contributed by atoms with Gasteiger partial charge in [0.2, 0.25) is 0 Å². The SMILES string of the molecule is COC(=O)C1(Cc2ccc(OC)cc2)C=C2CC(=O)C=C2CN1C(=O)c1ccccc1. The summed E-state index contributed by atoms with van der Waals surface area (Å²) in [6.45, 7) is 0.163. The van der Waals surface area contributed by atoms with E-state index in [-0.39, 0.29) is 31.1 Å². The molecule has 0 radical (unpaired) electrons. The maximum absolute atomic E-state index is 13.6. The molecule has 2 aromatic rings. The zero-order valence-electron chi connectivity index (χ0n) is 17.5. The minimum absolute atomic E-state index is 0.0292. The van der Waals surface area contributed by atoms with Gasteiger partial charge < -0.3 is 14.4 Å². The Labute approximate surface area is 180 Å². The van der Waals surface area contributed by atoms with E-state index in [1.807, 2.05) is 30.3 Å². The summed E-state index contributed by atoms with van der Waals surface area (Å²) in [5.41, 5.74) is 1.48. The highest BCUT2D eigenvalue weighted by Gasteiger charge is 2.50. The Morgan fingerprint density at radius 1 is 1.00 bits per heavy atom. The number of esters is 1. The summed E-state index contributed by atoms with van der Waals surface area (Å²) in [5.74, 6) is -0.172. The van der Waals surface area contributed by atoms with Crippen molar-refractivity contribution in [2.75, 3.05) is 20.8 Å². The lowest BCUT2D eigenvalue weighted by Crippen LogP contribution is -2.60. The standard InChI is InChI=1S/C25H23NO5/c1-30-22-10-8-17(9-11-22)14-25(24(29)31-2)15-19-12-21(27)13-20(19)16-26(25)23(28)18-6-4-3-5-7-18/h3-11,13,15H,12,14,16H2,1-2H3. The molecule has 0 saturated heterocycles. The zero-order chi connectivity index (χ0) is 22.0. The molecule has 0 saturated carbocycles.